The summed E-state index contributed by atoms with van der Waals surface area (Å²) >= 11 is 6.11. The number of para-hydroxylation sites is 1. The van der Waals surface area contributed by atoms with E-state index < -0.39 is 18.1 Å². The topological polar surface area (TPSA) is 64.8 Å². The van der Waals surface area contributed by atoms with Crippen LogP contribution in [0.4, 0.5) is 0 Å². The van der Waals surface area contributed by atoms with E-state index in [0.29, 0.717) is 22.3 Å². The quantitative estimate of drug-likeness (QED) is 0.236. The van der Waals surface area contributed by atoms with Crippen LogP contribution in [0, 0.1) is 11.5 Å². The highest BCUT2D eigenvalue weighted by molar-refractivity contribution is 7.90. The first-order valence-electron chi connectivity index (χ1n) is 9.64. The molecule has 0 amide bonds. The van der Waals surface area contributed by atoms with Gasteiger partial charge in [0.2, 0.25) is 5.28 Å². The van der Waals surface area contributed by atoms with E-state index in [1.807, 2.05) is 18.2 Å². The first-order chi connectivity index (χ1) is 14.7. The smallest absolute Gasteiger partial charge is 0.240 e. The summed E-state index contributed by atoms with van der Waals surface area (Å²) in [5.74, 6) is 3.19. The van der Waals surface area contributed by atoms with Gasteiger partial charge in [0.15, 0.2) is 0 Å². The summed E-state index contributed by atoms with van der Waals surface area (Å²) in [6.07, 6.45) is 3.18. The predicted octanol–water partition coefficient (Wildman–Crippen LogP) is 5.22. The lowest BCUT2D eigenvalue weighted by molar-refractivity contribution is 0.589. The molecule has 2 aromatic carbocycles. The molecule has 0 radical (unpaired) electrons. The molecule has 156 valence electrons. The molecule has 0 aliphatic rings. The third-order valence-electron chi connectivity index (χ3n) is 4.56. The molecule has 2 heterocycles. The van der Waals surface area contributed by atoms with Crippen molar-refractivity contribution in [1.29, 1.82) is 0 Å². The maximum Gasteiger partial charge on any atom is 0.268 e. The average molecular weight is 466 g/mol. The first kappa shape index (κ1) is 21.3. The molecule has 2 aromatic heterocycles. The zero-order chi connectivity index (χ0) is 22.2. The van der Waals surface area contributed by atoms with Gasteiger partial charge in [-0.15, -0.1) is 5.54 Å². The van der Waals surface area contributed by atoms with Crippen LogP contribution in [0.2, 0.25) is 24.9 Å². The van der Waals surface area contributed by atoms with Gasteiger partial charge in [0.25, 0.3) is 10.0 Å². The summed E-state index contributed by atoms with van der Waals surface area (Å²) in [6, 6.07) is 15.7. The lowest BCUT2D eigenvalue weighted by Crippen LogP contribution is -2.16. The van der Waals surface area contributed by atoms with E-state index in [4.69, 9.17) is 11.6 Å². The summed E-state index contributed by atoms with van der Waals surface area (Å²) < 4.78 is 28.1. The molecule has 0 aliphatic heterocycles. The Bertz CT molecular complexity index is 1450. The third-order valence-corrected chi connectivity index (χ3v) is 7.31. The molecule has 0 aliphatic carbocycles. The SMILES string of the molecule is C[Si](C)(C)C#Cc1cnc(Cl)nc1-c1cn(S(=O)(=O)c2ccccc2)c2ccccc12. The van der Waals surface area contributed by atoms with Gasteiger partial charge in [0.1, 0.15) is 8.07 Å². The molecule has 4 rings (SSSR count). The van der Waals surface area contributed by atoms with Crippen molar-refractivity contribution in [2.24, 2.45) is 0 Å². The van der Waals surface area contributed by atoms with Gasteiger partial charge in [-0.05, 0) is 29.8 Å². The van der Waals surface area contributed by atoms with E-state index in [1.54, 1.807) is 48.8 Å². The number of aromatic nitrogens is 3. The standard InChI is InChI=1S/C23H20ClN3O2SSi/c1-31(2,3)14-13-17-15-25-23(24)26-22(17)20-16-27(21-12-8-7-11-19(20)21)30(28,29)18-9-5-4-6-10-18/h4-12,15-16H,1-3H3. The average Bonchev–Trinajstić information content (AvgIpc) is 3.13. The van der Waals surface area contributed by atoms with Gasteiger partial charge < -0.3 is 0 Å². The van der Waals surface area contributed by atoms with Crippen molar-refractivity contribution in [2.75, 3.05) is 0 Å². The largest absolute Gasteiger partial charge is 0.268 e. The molecule has 0 atom stereocenters. The lowest BCUT2D eigenvalue weighted by atomic mass is 10.1. The second kappa shape index (κ2) is 7.97. The van der Waals surface area contributed by atoms with Crippen molar-refractivity contribution in [3.05, 3.63) is 77.8 Å². The van der Waals surface area contributed by atoms with E-state index in [2.05, 4.69) is 41.1 Å². The van der Waals surface area contributed by atoms with Crippen molar-refractivity contribution in [1.82, 2.24) is 13.9 Å². The van der Waals surface area contributed by atoms with Gasteiger partial charge in [0.05, 0.1) is 21.7 Å². The molecule has 0 unspecified atom stereocenters. The number of benzene rings is 2. The van der Waals surface area contributed by atoms with Crippen molar-refractivity contribution in [3.63, 3.8) is 0 Å². The van der Waals surface area contributed by atoms with E-state index in [9.17, 15) is 8.42 Å². The maximum atomic E-state index is 13.4. The van der Waals surface area contributed by atoms with Crippen LogP contribution in [0.3, 0.4) is 0 Å². The van der Waals surface area contributed by atoms with Crippen LogP contribution in [0.25, 0.3) is 22.2 Å². The molecule has 8 heteroatoms. The molecule has 5 nitrogen and oxygen atoms in total. The van der Waals surface area contributed by atoms with Gasteiger partial charge in [-0.25, -0.2) is 22.4 Å². The maximum absolute atomic E-state index is 13.4. The zero-order valence-electron chi connectivity index (χ0n) is 17.3. The van der Waals surface area contributed by atoms with Crippen LogP contribution in [-0.4, -0.2) is 30.4 Å². The predicted molar refractivity (Wildman–Crippen MR) is 127 cm³/mol. The monoisotopic (exact) mass is 465 g/mol. The number of halogens is 1. The highest BCUT2D eigenvalue weighted by atomic mass is 35.5. The number of nitrogens with zero attached hydrogens (tertiary/aromatic N) is 3. The van der Waals surface area contributed by atoms with E-state index in [0.717, 1.165) is 5.39 Å². The number of fused-ring (bicyclic) bond motifs is 1. The van der Waals surface area contributed by atoms with Gasteiger partial charge in [-0.1, -0.05) is 62.0 Å². The minimum atomic E-state index is -3.80. The second-order valence-electron chi connectivity index (χ2n) is 8.08. The highest BCUT2D eigenvalue weighted by Crippen LogP contribution is 2.34. The van der Waals surface area contributed by atoms with Gasteiger partial charge in [-0.2, -0.15) is 0 Å². The van der Waals surface area contributed by atoms with Crippen LogP contribution in [0.5, 0.6) is 0 Å². The van der Waals surface area contributed by atoms with Crippen molar-refractivity contribution in [2.45, 2.75) is 24.5 Å². The van der Waals surface area contributed by atoms with Crippen molar-refractivity contribution < 1.29 is 8.42 Å². The molecule has 0 saturated carbocycles. The Morgan fingerprint density at radius 3 is 2.39 bits per heavy atom. The van der Waals surface area contributed by atoms with Gasteiger partial charge in [-0.3, -0.25) is 0 Å². The normalized spacial score (nSPS) is 11.9. The van der Waals surface area contributed by atoms with Crippen molar-refractivity contribution in [3.8, 4) is 22.7 Å². The molecule has 0 N–H and O–H groups in total. The van der Waals surface area contributed by atoms with Crippen LogP contribution in [-0.2, 0) is 10.0 Å². The molecule has 0 spiro atoms. The fourth-order valence-electron chi connectivity index (χ4n) is 3.16. The number of hydrogen-bond acceptors (Lipinski definition) is 4. The van der Waals surface area contributed by atoms with Crippen LogP contribution >= 0.6 is 11.6 Å². The molecule has 0 bridgehead atoms. The molecule has 31 heavy (non-hydrogen) atoms. The molecule has 4 aromatic rings. The first-order valence-corrected chi connectivity index (χ1v) is 15.0. The molecule has 0 fully saturated rings. The fraction of sp³-hybridized carbons (Fsp3) is 0.130. The number of rotatable bonds is 3. The van der Waals surface area contributed by atoms with Crippen LogP contribution in [0.15, 0.2) is 71.9 Å². The zero-order valence-corrected chi connectivity index (χ0v) is 19.9. The lowest BCUT2D eigenvalue weighted by Gasteiger charge is -2.07. The van der Waals surface area contributed by atoms with Crippen LogP contribution in [0.1, 0.15) is 5.56 Å². The fourth-order valence-corrected chi connectivity index (χ4v) is 5.19. The molecule has 0 saturated heterocycles. The van der Waals surface area contributed by atoms with E-state index in [-0.39, 0.29) is 10.2 Å². The summed E-state index contributed by atoms with van der Waals surface area (Å²) in [5.41, 5.74) is 5.65. The summed E-state index contributed by atoms with van der Waals surface area (Å²) in [6.45, 7) is 6.44. The Morgan fingerprint density at radius 1 is 1.00 bits per heavy atom. The van der Waals surface area contributed by atoms with Crippen LogP contribution < -0.4 is 0 Å². The number of hydrogen-bond donors (Lipinski definition) is 0. The highest BCUT2D eigenvalue weighted by Gasteiger charge is 2.23. The Kier molecular flexibility index (Phi) is 5.48. The molecular weight excluding hydrogens is 446 g/mol. The third kappa shape index (κ3) is 4.28. The summed E-state index contributed by atoms with van der Waals surface area (Å²) in [7, 11) is -5.45. The van der Waals surface area contributed by atoms with Gasteiger partial charge in [0, 0.05) is 23.3 Å². The minimum absolute atomic E-state index is 0.0799. The summed E-state index contributed by atoms with van der Waals surface area (Å²) in [4.78, 5) is 8.72. The van der Waals surface area contributed by atoms with Gasteiger partial charge >= 0.3 is 0 Å². The van der Waals surface area contributed by atoms with Crippen molar-refractivity contribution >= 4 is 40.6 Å². The Hall–Kier alpha value is -2.92. The Morgan fingerprint density at radius 2 is 1.68 bits per heavy atom. The van der Waals surface area contributed by atoms with E-state index in [1.165, 1.54) is 3.97 Å². The minimum Gasteiger partial charge on any atom is -0.240 e. The second-order valence-corrected chi connectivity index (χ2v) is 15.0. The molecular formula is C23H20ClN3O2SSi. The summed E-state index contributed by atoms with van der Waals surface area (Å²) in [5, 5.41) is 0.823. The Balaban J connectivity index is 2.00. The van der Waals surface area contributed by atoms with E-state index >= 15 is 0 Å². The Labute approximate surface area is 187 Å².